The first-order valence-corrected chi connectivity index (χ1v) is 13.4. The van der Waals surface area contributed by atoms with Crippen LogP contribution in [0.4, 0.5) is 5.69 Å². The Morgan fingerprint density at radius 1 is 0.921 bits per heavy atom. The van der Waals surface area contributed by atoms with E-state index in [-0.39, 0.29) is 28.8 Å². The van der Waals surface area contributed by atoms with Crippen molar-refractivity contribution in [3.63, 3.8) is 0 Å². The highest BCUT2D eigenvalue weighted by Crippen LogP contribution is 2.32. The van der Waals surface area contributed by atoms with Crippen molar-refractivity contribution in [2.75, 3.05) is 32.1 Å². The number of benzene rings is 3. The Balaban J connectivity index is 2.05. The number of amides is 2. The fraction of sp³-hybridized carbons (Fsp3) is 0.286. The van der Waals surface area contributed by atoms with Crippen LogP contribution >= 0.6 is 0 Å². The number of sulfonamides is 1. The zero-order valence-electron chi connectivity index (χ0n) is 22.2. The van der Waals surface area contributed by atoms with E-state index in [1.807, 2.05) is 6.92 Å². The summed E-state index contributed by atoms with van der Waals surface area (Å²) in [5.74, 6) is 0.00478. The number of ether oxygens (including phenoxy) is 2. The van der Waals surface area contributed by atoms with Crippen LogP contribution in [0, 0.1) is 6.92 Å². The molecule has 9 nitrogen and oxygen atoms in total. The maximum atomic E-state index is 13.9. The van der Waals surface area contributed by atoms with Crippen LogP contribution in [0.2, 0.25) is 0 Å². The molecule has 0 radical (unpaired) electrons. The molecule has 38 heavy (non-hydrogen) atoms. The number of methoxy groups -OCH3 is 2. The summed E-state index contributed by atoms with van der Waals surface area (Å²) in [5, 5.41) is 2.56. The lowest BCUT2D eigenvalue weighted by Crippen LogP contribution is -2.50. The maximum Gasteiger partial charge on any atom is 0.264 e. The lowest BCUT2D eigenvalue weighted by molar-refractivity contribution is -0.139. The quantitative estimate of drug-likeness (QED) is 0.401. The SMILES string of the molecule is CNC(=O)[C@H](C)N(Cc1ccc(OC)cc1)C(=O)CN(c1ccccc1OC)S(=O)(=O)c1ccc(C)cc1. The fourth-order valence-electron chi connectivity index (χ4n) is 3.91. The minimum absolute atomic E-state index is 0.0304. The zero-order valence-corrected chi connectivity index (χ0v) is 23.0. The highest BCUT2D eigenvalue weighted by atomic mass is 32.2. The van der Waals surface area contributed by atoms with Crippen LogP contribution < -0.4 is 19.1 Å². The van der Waals surface area contributed by atoms with Crippen LogP contribution in [0.1, 0.15) is 18.1 Å². The molecule has 0 heterocycles. The summed E-state index contributed by atoms with van der Waals surface area (Å²) in [6.07, 6.45) is 0. The Hall–Kier alpha value is -4.05. The number of rotatable bonds is 11. The molecule has 3 aromatic rings. The first-order valence-electron chi connectivity index (χ1n) is 12.0. The van der Waals surface area contributed by atoms with E-state index >= 15 is 0 Å². The number of hydrogen-bond donors (Lipinski definition) is 1. The van der Waals surface area contributed by atoms with Gasteiger partial charge in [-0.2, -0.15) is 0 Å². The van der Waals surface area contributed by atoms with Crippen LogP contribution in [0.15, 0.2) is 77.7 Å². The Labute approximate surface area is 224 Å². The second-order valence-corrected chi connectivity index (χ2v) is 10.5. The van der Waals surface area contributed by atoms with Crippen LogP contribution in [-0.2, 0) is 26.2 Å². The van der Waals surface area contributed by atoms with Crippen molar-refractivity contribution in [3.8, 4) is 11.5 Å². The Bertz CT molecular complexity index is 1360. The Morgan fingerprint density at radius 2 is 1.55 bits per heavy atom. The molecule has 3 aromatic carbocycles. The summed E-state index contributed by atoms with van der Waals surface area (Å²) < 4.78 is 39.4. The first kappa shape index (κ1) is 28.5. The van der Waals surface area contributed by atoms with Crippen molar-refractivity contribution in [1.82, 2.24) is 10.2 Å². The van der Waals surface area contributed by atoms with Gasteiger partial charge in [-0.15, -0.1) is 0 Å². The maximum absolute atomic E-state index is 13.9. The summed E-state index contributed by atoms with van der Waals surface area (Å²) in [6, 6.07) is 19.2. The van der Waals surface area contributed by atoms with Gasteiger partial charge in [-0.3, -0.25) is 13.9 Å². The predicted molar refractivity (Wildman–Crippen MR) is 146 cm³/mol. The summed E-state index contributed by atoms with van der Waals surface area (Å²) >= 11 is 0. The van der Waals surface area contributed by atoms with Crippen LogP contribution in [0.25, 0.3) is 0 Å². The number of aryl methyl sites for hydroxylation is 1. The van der Waals surface area contributed by atoms with E-state index in [0.29, 0.717) is 5.75 Å². The average molecular weight is 540 g/mol. The molecule has 1 atom stereocenters. The predicted octanol–water partition coefficient (Wildman–Crippen LogP) is 3.37. The van der Waals surface area contributed by atoms with E-state index in [9.17, 15) is 18.0 Å². The van der Waals surface area contributed by atoms with Gasteiger partial charge in [0.25, 0.3) is 10.0 Å². The van der Waals surface area contributed by atoms with Gasteiger partial charge < -0.3 is 19.7 Å². The lowest BCUT2D eigenvalue weighted by Gasteiger charge is -2.32. The summed E-state index contributed by atoms with van der Waals surface area (Å²) in [4.78, 5) is 27.8. The van der Waals surface area contributed by atoms with E-state index in [4.69, 9.17) is 9.47 Å². The zero-order chi connectivity index (χ0) is 27.9. The lowest BCUT2D eigenvalue weighted by atomic mass is 10.1. The van der Waals surface area contributed by atoms with E-state index < -0.39 is 28.5 Å². The van der Waals surface area contributed by atoms with E-state index in [1.165, 1.54) is 31.2 Å². The monoisotopic (exact) mass is 539 g/mol. The van der Waals surface area contributed by atoms with Crippen molar-refractivity contribution in [2.45, 2.75) is 31.3 Å². The van der Waals surface area contributed by atoms with Gasteiger partial charge in [0.2, 0.25) is 11.8 Å². The molecular formula is C28H33N3O6S. The number of para-hydroxylation sites is 2. The molecule has 0 aliphatic heterocycles. The van der Waals surface area contributed by atoms with Gasteiger partial charge in [0.05, 0.1) is 24.8 Å². The first-order chi connectivity index (χ1) is 18.1. The highest BCUT2D eigenvalue weighted by Gasteiger charge is 2.33. The molecule has 1 N–H and O–H groups in total. The van der Waals surface area contributed by atoms with Gasteiger partial charge in [-0.25, -0.2) is 8.42 Å². The smallest absolute Gasteiger partial charge is 0.264 e. The average Bonchev–Trinajstić information content (AvgIpc) is 2.94. The molecule has 0 fully saturated rings. The van der Waals surface area contributed by atoms with Crippen molar-refractivity contribution in [1.29, 1.82) is 0 Å². The number of hydrogen-bond acceptors (Lipinski definition) is 6. The van der Waals surface area contributed by atoms with Gasteiger partial charge in [0, 0.05) is 13.6 Å². The Morgan fingerprint density at radius 3 is 2.13 bits per heavy atom. The third kappa shape index (κ3) is 6.44. The van der Waals surface area contributed by atoms with Crippen molar-refractivity contribution >= 4 is 27.5 Å². The highest BCUT2D eigenvalue weighted by molar-refractivity contribution is 7.92. The van der Waals surface area contributed by atoms with Gasteiger partial charge in [0.15, 0.2) is 0 Å². The summed E-state index contributed by atoms with van der Waals surface area (Å²) in [5.41, 5.74) is 1.86. The molecule has 202 valence electrons. The molecule has 0 bridgehead atoms. The third-order valence-electron chi connectivity index (χ3n) is 6.17. The molecule has 0 saturated heterocycles. The molecule has 0 aliphatic carbocycles. The van der Waals surface area contributed by atoms with Gasteiger partial charge in [-0.05, 0) is 55.8 Å². The molecule has 0 aromatic heterocycles. The van der Waals surface area contributed by atoms with Crippen LogP contribution in [0.3, 0.4) is 0 Å². The number of carbonyl (C=O) groups is 2. The molecule has 0 spiro atoms. The number of likely N-dealkylation sites (N-methyl/N-ethyl adjacent to an activating group) is 1. The molecule has 0 unspecified atom stereocenters. The number of nitrogens with zero attached hydrogens (tertiary/aromatic N) is 2. The molecule has 0 saturated carbocycles. The number of nitrogens with one attached hydrogen (secondary N) is 1. The van der Waals surface area contributed by atoms with Gasteiger partial charge in [-0.1, -0.05) is 42.0 Å². The minimum Gasteiger partial charge on any atom is -0.497 e. The number of carbonyl (C=O) groups excluding carboxylic acids is 2. The van der Waals surface area contributed by atoms with Gasteiger partial charge >= 0.3 is 0 Å². The standard InChI is InChI=1S/C28H33N3O6S/c1-20-10-16-24(17-11-20)38(34,35)31(25-8-6-7-9-26(25)37-5)19-27(32)30(21(2)28(33)29-3)18-22-12-14-23(36-4)15-13-22/h6-17,21H,18-19H2,1-5H3,(H,29,33)/t21-/m0/s1. The largest absolute Gasteiger partial charge is 0.497 e. The van der Waals surface area contributed by atoms with E-state index in [0.717, 1.165) is 15.4 Å². The summed E-state index contributed by atoms with van der Waals surface area (Å²) in [7, 11) is 0.294. The van der Waals surface area contributed by atoms with E-state index in [2.05, 4.69) is 5.32 Å². The van der Waals surface area contributed by atoms with Crippen LogP contribution in [-0.4, -0.2) is 59.0 Å². The topological polar surface area (TPSA) is 105 Å². The van der Waals surface area contributed by atoms with Gasteiger partial charge in [0.1, 0.15) is 24.1 Å². The van der Waals surface area contributed by atoms with Crippen molar-refractivity contribution in [3.05, 3.63) is 83.9 Å². The molecule has 2 amide bonds. The molecule has 10 heteroatoms. The van der Waals surface area contributed by atoms with E-state index in [1.54, 1.807) is 74.7 Å². The van der Waals surface area contributed by atoms with Crippen LogP contribution in [0.5, 0.6) is 11.5 Å². The second-order valence-electron chi connectivity index (χ2n) is 8.66. The summed E-state index contributed by atoms with van der Waals surface area (Å²) in [6.45, 7) is 2.99. The normalized spacial score (nSPS) is 11.8. The molecular weight excluding hydrogens is 506 g/mol. The minimum atomic E-state index is -4.18. The Kier molecular flexibility index (Phi) is 9.35. The molecule has 3 rings (SSSR count). The van der Waals surface area contributed by atoms with Crippen molar-refractivity contribution in [2.24, 2.45) is 0 Å². The number of anilines is 1. The third-order valence-corrected chi connectivity index (χ3v) is 7.94. The molecule has 0 aliphatic rings. The second kappa shape index (κ2) is 12.5. The fourth-order valence-corrected chi connectivity index (χ4v) is 5.33. The van der Waals surface area contributed by atoms with Crippen molar-refractivity contribution < 1.29 is 27.5 Å².